The Morgan fingerprint density at radius 3 is 2.27 bits per heavy atom. The van der Waals surface area contributed by atoms with Crippen molar-refractivity contribution in [1.29, 1.82) is 0 Å². The first-order chi connectivity index (χ1) is 19.3. The van der Waals surface area contributed by atoms with Crippen LogP contribution in [0.15, 0.2) is 30.3 Å². The number of carbonyl (C=O) groups excluding carboxylic acids is 4. The smallest absolute Gasteiger partial charge is 0.408 e. The number of esters is 2. The Balaban J connectivity index is 2.00. The molecule has 2 rings (SSSR count). The molecule has 1 aromatic rings. The first-order valence-electron chi connectivity index (χ1n) is 14.3. The molecule has 3 N–H and O–H groups in total. The van der Waals surface area contributed by atoms with Crippen molar-refractivity contribution in [1.82, 2.24) is 16.0 Å². The van der Waals surface area contributed by atoms with E-state index in [2.05, 4.69) is 16.0 Å². The van der Waals surface area contributed by atoms with E-state index in [0.29, 0.717) is 12.8 Å². The highest BCUT2D eigenvalue weighted by molar-refractivity contribution is 5.85. The van der Waals surface area contributed by atoms with E-state index in [0.717, 1.165) is 5.56 Å². The van der Waals surface area contributed by atoms with E-state index in [9.17, 15) is 19.2 Å². The minimum absolute atomic E-state index is 0.0188. The van der Waals surface area contributed by atoms with Crippen LogP contribution in [-0.4, -0.2) is 73.5 Å². The molecule has 230 valence electrons. The lowest BCUT2D eigenvalue weighted by Gasteiger charge is -2.44. The molecule has 2 amide bonds. The maximum absolute atomic E-state index is 13.2. The third-order valence-electron chi connectivity index (χ3n) is 6.16. The van der Waals surface area contributed by atoms with E-state index in [4.69, 9.17) is 18.9 Å². The number of hydrogen-bond donors (Lipinski definition) is 3. The maximum atomic E-state index is 13.2. The summed E-state index contributed by atoms with van der Waals surface area (Å²) in [7, 11) is 0. The summed E-state index contributed by atoms with van der Waals surface area (Å²) >= 11 is 0. The highest BCUT2D eigenvalue weighted by Gasteiger charge is 2.43. The van der Waals surface area contributed by atoms with Gasteiger partial charge in [0.1, 0.15) is 24.3 Å². The third kappa shape index (κ3) is 12.9. The highest BCUT2D eigenvalue weighted by atomic mass is 16.6. The summed E-state index contributed by atoms with van der Waals surface area (Å²) in [5, 5.41) is 8.85. The first-order valence-corrected chi connectivity index (χ1v) is 14.3. The van der Waals surface area contributed by atoms with E-state index < -0.39 is 41.3 Å². The number of carbonyl (C=O) groups is 4. The molecule has 0 bridgehead atoms. The van der Waals surface area contributed by atoms with Crippen LogP contribution in [0.3, 0.4) is 0 Å². The predicted molar refractivity (Wildman–Crippen MR) is 153 cm³/mol. The Morgan fingerprint density at radius 2 is 1.71 bits per heavy atom. The molecule has 1 saturated heterocycles. The lowest BCUT2D eigenvalue weighted by atomic mass is 9.94. The van der Waals surface area contributed by atoms with E-state index >= 15 is 0 Å². The summed E-state index contributed by atoms with van der Waals surface area (Å²) in [4.78, 5) is 50.8. The largest absolute Gasteiger partial charge is 0.465 e. The van der Waals surface area contributed by atoms with Crippen LogP contribution in [0.5, 0.6) is 0 Å². The van der Waals surface area contributed by atoms with Crippen LogP contribution in [0, 0.1) is 5.92 Å². The van der Waals surface area contributed by atoms with Crippen LogP contribution < -0.4 is 16.0 Å². The van der Waals surface area contributed by atoms with E-state index in [-0.39, 0.29) is 57.6 Å². The molecule has 2 atom stereocenters. The van der Waals surface area contributed by atoms with Gasteiger partial charge in [0.25, 0.3) is 0 Å². The van der Waals surface area contributed by atoms with Gasteiger partial charge in [-0.2, -0.15) is 0 Å². The van der Waals surface area contributed by atoms with Crippen LogP contribution in [0.25, 0.3) is 0 Å². The third-order valence-corrected chi connectivity index (χ3v) is 6.16. The van der Waals surface area contributed by atoms with Gasteiger partial charge in [0.2, 0.25) is 5.91 Å². The van der Waals surface area contributed by atoms with E-state index in [1.165, 1.54) is 0 Å². The van der Waals surface area contributed by atoms with Gasteiger partial charge in [-0.3, -0.25) is 19.7 Å². The Morgan fingerprint density at radius 1 is 1.02 bits per heavy atom. The SMILES string of the molecule is CCCOC(=O)[C@H](CCC(=O)OC(C)(C)C)NC1(CNC(=O)[C@H](CC(C)C)NC(=O)OCc2ccccc2)COC1. The molecule has 0 spiro atoms. The fourth-order valence-electron chi connectivity index (χ4n) is 4.15. The molecule has 1 fully saturated rings. The Hall–Kier alpha value is -3.18. The lowest BCUT2D eigenvalue weighted by molar-refractivity contribution is -0.156. The van der Waals surface area contributed by atoms with Crippen LogP contribution in [0.4, 0.5) is 4.79 Å². The summed E-state index contributed by atoms with van der Waals surface area (Å²) in [6.45, 7) is 12.1. The minimum atomic E-state index is -0.811. The van der Waals surface area contributed by atoms with Crippen LogP contribution in [0.1, 0.15) is 72.8 Å². The zero-order valence-corrected chi connectivity index (χ0v) is 25.2. The highest BCUT2D eigenvalue weighted by Crippen LogP contribution is 2.20. The number of hydrogen-bond acceptors (Lipinski definition) is 9. The Bertz CT molecular complexity index is 989. The molecule has 0 unspecified atom stereocenters. The van der Waals surface area contributed by atoms with Crippen molar-refractivity contribution in [2.45, 2.75) is 97.1 Å². The molecule has 1 aliphatic rings. The van der Waals surface area contributed by atoms with Crippen molar-refractivity contribution in [2.24, 2.45) is 5.92 Å². The van der Waals surface area contributed by atoms with Gasteiger partial charge in [0, 0.05) is 13.0 Å². The van der Waals surface area contributed by atoms with E-state index in [1.54, 1.807) is 20.8 Å². The summed E-state index contributed by atoms with van der Waals surface area (Å²) < 4.78 is 21.5. The molecular formula is C30H47N3O8. The zero-order valence-electron chi connectivity index (χ0n) is 25.2. The predicted octanol–water partition coefficient (Wildman–Crippen LogP) is 3.25. The lowest BCUT2D eigenvalue weighted by Crippen LogP contribution is -2.69. The summed E-state index contributed by atoms with van der Waals surface area (Å²) in [6, 6.07) is 7.66. The summed E-state index contributed by atoms with van der Waals surface area (Å²) in [5.41, 5.74) is -0.538. The number of nitrogens with one attached hydrogen (secondary N) is 3. The zero-order chi connectivity index (χ0) is 30.5. The molecule has 0 saturated carbocycles. The average molecular weight is 578 g/mol. The van der Waals surface area contributed by atoms with Crippen molar-refractivity contribution in [3.63, 3.8) is 0 Å². The van der Waals surface area contributed by atoms with Gasteiger partial charge in [0.05, 0.1) is 25.4 Å². The van der Waals surface area contributed by atoms with Crippen molar-refractivity contribution in [3.8, 4) is 0 Å². The first kappa shape index (κ1) is 34.0. The number of ether oxygens (including phenoxy) is 4. The van der Waals surface area contributed by atoms with Crippen molar-refractivity contribution < 1.29 is 38.1 Å². The topological polar surface area (TPSA) is 141 Å². The second-order valence-corrected chi connectivity index (χ2v) is 11.9. The summed E-state index contributed by atoms with van der Waals surface area (Å²) in [6.07, 6.45) is 0.566. The van der Waals surface area contributed by atoms with Crippen molar-refractivity contribution >= 4 is 23.9 Å². The molecule has 1 heterocycles. The van der Waals surface area contributed by atoms with Crippen molar-refractivity contribution in [3.05, 3.63) is 35.9 Å². The Labute approximate surface area is 243 Å². The normalized spacial score (nSPS) is 15.7. The van der Waals surface area contributed by atoms with Gasteiger partial charge < -0.3 is 29.6 Å². The number of rotatable bonds is 16. The molecule has 0 aromatic heterocycles. The molecule has 1 aliphatic heterocycles. The standard InChI is InChI=1S/C30H47N3O8/c1-7-15-39-27(36)23(13-14-25(34)41-29(4,5)6)33-30(19-38-20-30)18-31-26(35)24(16-21(2)3)32-28(37)40-17-22-11-9-8-10-12-22/h8-12,21,23-24,33H,7,13-20H2,1-6H3,(H,31,35)(H,32,37)/t23-,24-/m0/s1. The van der Waals surface area contributed by atoms with Gasteiger partial charge >= 0.3 is 18.0 Å². The van der Waals surface area contributed by atoms with Gasteiger partial charge in [-0.15, -0.1) is 0 Å². The number of benzene rings is 1. The fourth-order valence-corrected chi connectivity index (χ4v) is 4.15. The quantitative estimate of drug-likeness (QED) is 0.199. The summed E-state index contributed by atoms with van der Waals surface area (Å²) in [5.74, 6) is -1.14. The second-order valence-electron chi connectivity index (χ2n) is 11.9. The van der Waals surface area contributed by atoms with Crippen molar-refractivity contribution in [2.75, 3.05) is 26.4 Å². The average Bonchev–Trinajstić information content (AvgIpc) is 2.88. The number of alkyl carbamates (subject to hydrolysis) is 1. The number of amides is 2. The molecule has 11 heteroatoms. The van der Waals surface area contributed by atoms with Gasteiger partial charge in [-0.05, 0) is 51.5 Å². The van der Waals surface area contributed by atoms with Gasteiger partial charge in [-0.1, -0.05) is 51.1 Å². The Kier molecular flexibility index (Phi) is 13.5. The second kappa shape index (κ2) is 16.3. The molecule has 41 heavy (non-hydrogen) atoms. The van der Waals surface area contributed by atoms with Crippen LogP contribution in [0.2, 0.25) is 0 Å². The molecule has 1 aromatic carbocycles. The monoisotopic (exact) mass is 577 g/mol. The molecular weight excluding hydrogens is 530 g/mol. The fraction of sp³-hybridized carbons (Fsp3) is 0.667. The molecule has 11 nitrogen and oxygen atoms in total. The van der Waals surface area contributed by atoms with E-state index in [1.807, 2.05) is 51.1 Å². The molecule has 0 aliphatic carbocycles. The van der Waals surface area contributed by atoms with Gasteiger partial charge in [0.15, 0.2) is 0 Å². The van der Waals surface area contributed by atoms with Gasteiger partial charge in [-0.25, -0.2) is 4.79 Å². The van der Waals surface area contributed by atoms with Crippen LogP contribution in [-0.2, 0) is 39.9 Å². The minimum Gasteiger partial charge on any atom is -0.465 e. The molecule has 0 radical (unpaired) electrons. The maximum Gasteiger partial charge on any atom is 0.408 e. The van der Waals surface area contributed by atoms with Crippen LogP contribution >= 0.6 is 0 Å².